The van der Waals surface area contributed by atoms with Crippen LogP contribution in [-0.4, -0.2) is 43.8 Å². The maximum atomic E-state index is 13.5. The van der Waals surface area contributed by atoms with Crippen LogP contribution in [0.25, 0.3) is 0 Å². The number of nitrogen functional groups attached to an aromatic ring is 1. The number of benzene rings is 1. The second-order valence-corrected chi connectivity index (χ2v) is 6.49. The fourth-order valence-corrected chi connectivity index (χ4v) is 2.99. The normalized spacial score (nSPS) is 18.6. The lowest BCUT2D eigenvalue weighted by atomic mass is 10.1. The van der Waals surface area contributed by atoms with Gasteiger partial charge in [0.25, 0.3) is 5.91 Å². The Labute approximate surface area is 104 Å². The van der Waals surface area contributed by atoms with Crippen LogP contribution in [0.15, 0.2) is 18.2 Å². The molecular formula is C11H13FN2O3S. The SMILES string of the molecule is Nc1ccc(F)c(C(=O)N2CCS(=O)(=O)CC2)c1. The van der Waals surface area contributed by atoms with E-state index in [1.165, 1.54) is 17.0 Å². The summed E-state index contributed by atoms with van der Waals surface area (Å²) in [5.74, 6) is -1.33. The molecular weight excluding hydrogens is 259 g/mol. The fourth-order valence-electron chi connectivity index (χ4n) is 1.79. The van der Waals surface area contributed by atoms with Crippen molar-refractivity contribution < 1.29 is 17.6 Å². The third-order valence-corrected chi connectivity index (χ3v) is 4.46. The molecule has 0 unspecified atom stereocenters. The fraction of sp³-hybridized carbons (Fsp3) is 0.364. The highest BCUT2D eigenvalue weighted by molar-refractivity contribution is 7.91. The van der Waals surface area contributed by atoms with Crippen LogP contribution < -0.4 is 5.73 Å². The van der Waals surface area contributed by atoms with E-state index in [1.807, 2.05) is 0 Å². The van der Waals surface area contributed by atoms with Crippen molar-refractivity contribution >= 4 is 21.4 Å². The minimum atomic E-state index is -3.06. The molecule has 1 aromatic rings. The zero-order valence-electron chi connectivity index (χ0n) is 9.60. The quantitative estimate of drug-likeness (QED) is 0.745. The summed E-state index contributed by atoms with van der Waals surface area (Å²) in [6.07, 6.45) is 0. The summed E-state index contributed by atoms with van der Waals surface area (Å²) < 4.78 is 36.0. The lowest BCUT2D eigenvalue weighted by molar-refractivity contribution is 0.0765. The number of anilines is 1. The van der Waals surface area contributed by atoms with E-state index in [0.29, 0.717) is 5.69 Å². The lowest BCUT2D eigenvalue weighted by Gasteiger charge is -2.26. The smallest absolute Gasteiger partial charge is 0.256 e. The maximum absolute atomic E-state index is 13.5. The molecule has 1 aromatic carbocycles. The number of hydrogen-bond donors (Lipinski definition) is 1. The van der Waals surface area contributed by atoms with E-state index in [-0.39, 0.29) is 30.2 Å². The number of halogens is 1. The maximum Gasteiger partial charge on any atom is 0.256 e. The van der Waals surface area contributed by atoms with Crippen LogP contribution in [0.4, 0.5) is 10.1 Å². The van der Waals surface area contributed by atoms with E-state index in [2.05, 4.69) is 0 Å². The van der Waals surface area contributed by atoms with Crippen molar-refractivity contribution in [3.63, 3.8) is 0 Å². The highest BCUT2D eigenvalue weighted by Crippen LogP contribution is 2.16. The molecule has 2 rings (SSSR count). The molecule has 0 aromatic heterocycles. The zero-order valence-corrected chi connectivity index (χ0v) is 10.4. The number of sulfone groups is 1. The number of amides is 1. The second kappa shape index (κ2) is 4.56. The van der Waals surface area contributed by atoms with Gasteiger partial charge < -0.3 is 10.6 Å². The zero-order chi connectivity index (χ0) is 13.3. The number of nitrogens with two attached hydrogens (primary N) is 1. The molecule has 1 aliphatic heterocycles. The first kappa shape index (κ1) is 12.8. The van der Waals surface area contributed by atoms with Crippen molar-refractivity contribution in [3.05, 3.63) is 29.6 Å². The van der Waals surface area contributed by atoms with Crippen LogP contribution in [0.5, 0.6) is 0 Å². The van der Waals surface area contributed by atoms with Crippen molar-refractivity contribution in [2.75, 3.05) is 30.3 Å². The first-order chi connectivity index (χ1) is 8.39. The number of carbonyl (C=O) groups is 1. The number of carbonyl (C=O) groups excluding carboxylic acids is 1. The molecule has 1 amide bonds. The minimum Gasteiger partial charge on any atom is -0.399 e. The van der Waals surface area contributed by atoms with Gasteiger partial charge in [0.2, 0.25) is 0 Å². The van der Waals surface area contributed by atoms with Crippen LogP contribution in [-0.2, 0) is 9.84 Å². The van der Waals surface area contributed by atoms with Gasteiger partial charge in [-0.3, -0.25) is 4.79 Å². The number of nitrogens with zero attached hydrogens (tertiary/aromatic N) is 1. The molecule has 1 fully saturated rings. The summed E-state index contributed by atoms with van der Waals surface area (Å²) in [5.41, 5.74) is 5.68. The number of hydrogen-bond acceptors (Lipinski definition) is 4. The van der Waals surface area contributed by atoms with Crippen molar-refractivity contribution in [2.45, 2.75) is 0 Å². The lowest BCUT2D eigenvalue weighted by Crippen LogP contribution is -2.44. The Kier molecular flexibility index (Phi) is 3.25. The highest BCUT2D eigenvalue weighted by atomic mass is 32.2. The van der Waals surface area contributed by atoms with Crippen LogP contribution in [0, 0.1) is 5.82 Å². The minimum absolute atomic E-state index is 0.0807. The van der Waals surface area contributed by atoms with E-state index in [1.54, 1.807) is 0 Å². The molecule has 0 aliphatic carbocycles. The summed E-state index contributed by atoms with van der Waals surface area (Å²) in [7, 11) is -3.06. The molecule has 0 atom stereocenters. The van der Waals surface area contributed by atoms with Crippen LogP contribution in [0.1, 0.15) is 10.4 Å². The molecule has 1 saturated heterocycles. The third-order valence-electron chi connectivity index (χ3n) is 2.85. The van der Waals surface area contributed by atoms with E-state index in [9.17, 15) is 17.6 Å². The van der Waals surface area contributed by atoms with Gasteiger partial charge in [-0.15, -0.1) is 0 Å². The van der Waals surface area contributed by atoms with Gasteiger partial charge in [-0.1, -0.05) is 0 Å². The Morgan fingerprint density at radius 3 is 2.50 bits per heavy atom. The Morgan fingerprint density at radius 2 is 1.89 bits per heavy atom. The average Bonchev–Trinajstić information content (AvgIpc) is 2.31. The molecule has 2 N–H and O–H groups in total. The Bertz CT molecular complexity index is 572. The molecule has 1 aliphatic rings. The summed E-state index contributed by atoms with van der Waals surface area (Å²) in [5, 5.41) is 0. The van der Waals surface area contributed by atoms with Gasteiger partial charge in [0.1, 0.15) is 5.82 Å². The van der Waals surface area contributed by atoms with E-state index in [0.717, 1.165) is 6.07 Å². The van der Waals surface area contributed by atoms with Gasteiger partial charge in [-0.25, -0.2) is 12.8 Å². The summed E-state index contributed by atoms with van der Waals surface area (Å²) in [6, 6.07) is 3.76. The van der Waals surface area contributed by atoms with Gasteiger partial charge >= 0.3 is 0 Å². The second-order valence-electron chi connectivity index (χ2n) is 4.18. The highest BCUT2D eigenvalue weighted by Gasteiger charge is 2.27. The van der Waals surface area contributed by atoms with E-state index < -0.39 is 21.6 Å². The van der Waals surface area contributed by atoms with Gasteiger partial charge in [0.15, 0.2) is 9.84 Å². The first-order valence-electron chi connectivity index (χ1n) is 5.44. The molecule has 0 spiro atoms. The molecule has 7 heteroatoms. The van der Waals surface area contributed by atoms with Crippen LogP contribution >= 0.6 is 0 Å². The Balaban J connectivity index is 2.20. The van der Waals surface area contributed by atoms with Gasteiger partial charge in [-0.05, 0) is 18.2 Å². The van der Waals surface area contributed by atoms with Gasteiger partial charge in [0.05, 0.1) is 17.1 Å². The standard InChI is InChI=1S/C11H13FN2O3S/c12-10-2-1-8(13)7-9(10)11(15)14-3-5-18(16,17)6-4-14/h1-2,7H,3-6,13H2. The van der Waals surface area contributed by atoms with Gasteiger partial charge in [-0.2, -0.15) is 0 Å². The summed E-state index contributed by atoms with van der Waals surface area (Å²) in [4.78, 5) is 13.4. The van der Waals surface area contributed by atoms with Crippen molar-refractivity contribution in [3.8, 4) is 0 Å². The summed E-state index contributed by atoms with van der Waals surface area (Å²) in [6.45, 7) is 0.185. The Hall–Kier alpha value is -1.63. The molecule has 1 heterocycles. The average molecular weight is 272 g/mol. The molecule has 18 heavy (non-hydrogen) atoms. The van der Waals surface area contributed by atoms with Crippen molar-refractivity contribution in [1.29, 1.82) is 0 Å². The van der Waals surface area contributed by atoms with Crippen LogP contribution in [0.3, 0.4) is 0 Å². The summed E-state index contributed by atoms with van der Waals surface area (Å²) >= 11 is 0. The molecule has 5 nitrogen and oxygen atoms in total. The Morgan fingerprint density at radius 1 is 1.28 bits per heavy atom. The predicted molar refractivity (Wildman–Crippen MR) is 65.4 cm³/mol. The first-order valence-corrected chi connectivity index (χ1v) is 7.26. The molecule has 0 saturated carbocycles. The monoisotopic (exact) mass is 272 g/mol. The van der Waals surface area contributed by atoms with Gasteiger partial charge in [0, 0.05) is 18.8 Å². The molecule has 98 valence electrons. The largest absolute Gasteiger partial charge is 0.399 e. The van der Waals surface area contributed by atoms with Crippen molar-refractivity contribution in [1.82, 2.24) is 4.90 Å². The van der Waals surface area contributed by atoms with Crippen LogP contribution in [0.2, 0.25) is 0 Å². The molecule has 0 radical (unpaired) electrons. The topological polar surface area (TPSA) is 80.5 Å². The van der Waals surface area contributed by atoms with Crippen molar-refractivity contribution in [2.24, 2.45) is 0 Å². The predicted octanol–water partition coefficient (Wildman–Crippen LogP) is 0.278. The third kappa shape index (κ3) is 2.61. The number of rotatable bonds is 1. The van der Waals surface area contributed by atoms with E-state index in [4.69, 9.17) is 5.73 Å². The van der Waals surface area contributed by atoms with E-state index >= 15 is 0 Å². The molecule has 0 bridgehead atoms.